The zero-order valence-electron chi connectivity index (χ0n) is 16.9. The number of rotatable bonds is 5. The van der Waals surface area contributed by atoms with Gasteiger partial charge in [0.2, 0.25) is 0 Å². The van der Waals surface area contributed by atoms with Crippen molar-refractivity contribution in [2.24, 2.45) is 0 Å². The Morgan fingerprint density at radius 2 is 2.13 bits per heavy atom. The average Bonchev–Trinajstić information content (AvgIpc) is 3.26. The molecule has 0 unspecified atom stereocenters. The van der Waals surface area contributed by atoms with E-state index in [0.717, 1.165) is 24.8 Å². The van der Waals surface area contributed by atoms with Crippen molar-refractivity contribution < 1.29 is 4.74 Å². The van der Waals surface area contributed by atoms with Gasteiger partial charge < -0.3 is 9.30 Å². The molecule has 4 aromatic rings. The van der Waals surface area contributed by atoms with Gasteiger partial charge in [0.25, 0.3) is 11.3 Å². The van der Waals surface area contributed by atoms with E-state index < -0.39 is 0 Å². The molecule has 7 nitrogen and oxygen atoms in total. The van der Waals surface area contributed by atoms with Gasteiger partial charge in [-0.25, -0.2) is 4.98 Å². The number of methoxy groups -OCH3 is 1. The van der Waals surface area contributed by atoms with Crippen LogP contribution in [-0.4, -0.2) is 31.3 Å². The number of aromatic nitrogens is 5. The van der Waals surface area contributed by atoms with Crippen LogP contribution in [0.15, 0.2) is 59.3 Å². The summed E-state index contributed by atoms with van der Waals surface area (Å²) in [7, 11) is 1.63. The highest BCUT2D eigenvalue weighted by molar-refractivity contribution is 5.93. The van der Waals surface area contributed by atoms with E-state index in [9.17, 15) is 4.79 Å². The standard InChI is InChI=1S/C23H23N5O2/c1-30-18-9-5-8-17(14-18)21-20-19(26-23-24-15-25-28(21)23)11-13-27(22(20)29)12-10-16-6-3-2-4-7-16/h5-6,8-9,11,13-15H,2-4,7,10,12H2,1H3. The third-order valence-electron chi connectivity index (χ3n) is 5.74. The summed E-state index contributed by atoms with van der Waals surface area (Å²) in [6, 6.07) is 9.52. The van der Waals surface area contributed by atoms with Crippen molar-refractivity contribution in [2.75, 3.05) is 7.11 Å². The predicted molar refractivity (Wildman–Crippen MR) is 116 cm³/mol. The van der Waals surface area contributed by atoms with Crippen molar-refractivity contribution in [1.29, 1.82) is 0 Å². The molecule has 1 aliphatic carbocycles. The van der Waals surface area contributed by atoms with Crippen LogP contribution in [0.2, 0.25) is 0 Å². The first-order valence-corrected chi connectivity index (χ1v) is 10.3. The van der Waals surface area contributed by atoms with Gasteiger partial charge in [0.05, 0.1) is 23.7 Å². The van der Waals surface area contributed by atoms with Crippen LogP contribution in [0.1, 0.15) is 32.1 Å². The third kappa shape index (κ3) is 3.26. The fourth-order valence-electron chi connectivity index (χ4n) is 4.17. The molecule has 0 fully saturated rings. The summed E-state index contributed by atoms with van der Waals surface area (Å²) in [5, 5.41) is 4.88. The van der Waals surface area contributed by atoms with Crippen molar-refractivity contribution in [3.63, 3.8) is 0 Å². The van der Waals surface area contributed by atoms with Gasteiger partial charge >= 0.3 is 0 Å². The first-order valence-electron chi connectivity index (χ1n) is 10.3. The van der Waals surface area contributed by atoms with E-state index in [1.165, 1.54) is 24.7 Å². The Labute approximate surface area is 173 Å². The molecule has 0 N–H and O–H groups in total. The summed E-state index contributed by atoms with van der Waals surface area (Å²) in [5.74, 6) is 1.18. The van der Waals surface area contributed by atoms with E-state index >= 15 is 0 Å². The van der Waals surface area contributed by atoms with Crippen LogP contribution in [-0.2, 0) is 6.54 Å². The van der Waals surface area contributed by atoms with Gasteiger partial charge in [0.15, 0.2) is 0 Å². The maximum absolute atomic E-state index is 13.5. The van der Waals surface area contributed by atoms with E-state index in [4.69, 9.17) is 4.74 Å². The molecular formula is C23H23N5O2. The second kappa shape index (κ2) is 7.74. The van der Waals surface area contributed by atoms with Gasteiger partial charge in [-0.15, -0.1) is 0 Å². The summed E-state index contributed by atoms with van der Waals surface area (Å²) in [4.78, 5) is 22.3. The fourth-order valence-corrected chi connectivity index (χ4v) is 4.17. The maximum Gasteiger partial charge on any atom is 0.262 e. The normalized spacial score (nSPS) is 14.2. The lowest BCUT2D eigenvalue weighted by Gasteiger charge is -2.15. The molecule has 7 heteroatoms. The molecule has 5 rings (SSSR count). The highest BCUT2D eigenvalue weighted by Gasteiger charge is 2.17. The van der Waals surface area contributed by atoms with Gasteiger partial charge in [0.1, 0.15) is 12.1 Å². The number of pyridine rings is 1. The number of hydrogen-bond donors (Lipinski definition) is 0. The Bertz CT molecular complexity index is 1320. The molecule has 0 saturated heterocycles. The molecule has 3 heterocycles. The number of aryl methyl sites for hydroxylation is 1. The lowest BCUT2D eigenvalue weighted by atomic mass is 9.97. The molecule has 3 aromatic heterocycles. The monoisotopic (exact) mass is 401 g/mol. The fraction of sp³-hybridized carbons (Fsp3) is 0.304. The minimum absolute atomic E-state index is 0.0633. The molecule has 1 aromatic carbocycles. The van der Waals surface area contributed by atoms with Crippen molar-refractivity contribution in [2.45, 2.75) is 38.6 Å². The molecule has 30 heavy (non-hydrogen) atoms. The van der Waals surface area contributed by atoms with Crippen LogP contribution >= 0.6 is 0 Å². The molecule has 0 amide bonds. The summed E-state index contributed by atoms with van der Waals surface area (Å²) >= 11 is 0. The Kier molecular flexibility index (Phi) is 4.78. The molecule has 0 bridgehead atoms. The van der Waals surface area contributed by atoms with Crippen LogP contribution in [0.3, 0.4) is 0 Å². The Hall–Kier alpha value is -3.48. The topological polar surface area (TPSA) is 74.3 Å². The van der Waals surface area contributed by atoms with Gasteiger partial charge in [-0.2, -0.15) is 14.6 Å². The van der Waals surface area contributed by atoms with Crippen LogP contribution in [0.4, 0.5) is 0 Å². The van der Waals surface area contributed by atoms with Crippen molar-refractivity contribution in [3.05, 3.63) is 64.9 Å². The van der Waals surface area contributed by atoms with E-state index in [2.05, 4.69) is 21.1 Å². The summed E-state index contributed by atoms with van der Waals surface area (Å²) in [5.41, 5.74) is 3.52. The van der Waals surface area contributed by atoms with Crippen LogP contribution in [0.5, 0.6) is 5.75 Å². The van der Waals surface area contributed by atoms with Gasteiger partial charge in [-0.3, -0.25) is 4.79 Å². The molecule has 152 valence electrons. The number of hydrogen-bond acceptors (Lipinski definition) is 5. The highest BCUT2D eigenvalue weighted by Crippen LogP contribution is 2.28. The van der Waals surface area contributed by atoms with E-state index in [-0.39, 0.29) is 5.56 Å². The number of allylic oxidation sites excluding steroid dienone is 2. The smallest absolute Gasteiger partial charge is 0.262 e. The first kappa shape index (κ1) is 18.5. The van der Waals surface area contributed by atoms with Crippen molar-refractivity contribution in [3.8, 4) is 17.0 Å². The zero-order chi connectivity index (χ0) is 20.5. The van der Waals surface area contributed by atoms with Crippen LogP contribution in [0.25, 0.3) is 27.9 Å². The first-order chi connectivity index (χ1) is 14.7. The Morgan fingerprint density at radius 3 is 2.97 bits per heavy atom. The second-order valence-electron chi connectivity index (χ2n) is 7.60. The number of nitrogens with zero attached hydrogens (tertiary/aromatic N) is 5. The quantitative estimate of drug-likeness (QED) is 0.473. The molecular weight excluding hydrogens is 378 g/mol. The average molecular weight is 401 g/mol. The highest BCUT2D eigenvalue weighted by atomic mass is 16.5. The Balaban J connectivity index is 1.68. The SMILES string of the molecule is COc1cccc(-c2c3c(=O)n(CCC4=CCCCC4)ccc3nc3ncnn23)c1. The molecule has 1 aliphatic rings. The van der Waals surface area contributed by atoms with E-state index in [0.29, 0.717) is 34.7 Å². The lowest BCUT2D eigenvalue weighted by molar-refractivity contribution is 0.415. The largest absolute Gasteiger partial charge is 0.497 e. The predicted octanol–water partition coefficient (Wildman–Crippen LogP) is 4.01. The van der Waals surface area contributed by atoms with Crippen molar-refractivity contribution >= 4 is 16.7 Å². The minimum atomic E-state index is -0.0633. The molecule has 0 aliphatic heterocycles. The van der Waals surface area contributed by atoms with E-state index in [1.807, 2.05) is 36.5 Å². The zero-order valence-corrected chi connectivity index (χ0v) is 16.9. The van der Waals surface area contributed by atoms with Crippen molar-refractivity contribution in [1.82, 2.24) is 24.1 Å². The van der Waals surface area contributed by atoms with Crippen LogP contribution < -0.4 is 10.3 Å². The van der Waals surface area contributed by atoms with Gasteiger partial charge in [-0.05, 0) is 50.3 Å². The lowest BCUT2D eigenvalue weighted by Crippen LogP contribution is -2.22. The molecule has 0 atom stereocenters. The van der Waals surface area contributed by atoms with Gasteiger partial charge in [0, 0.05) is 18.3 Å². The Morgan fingerprint density at radius 1 is 1.20 bits per heavy atom. The molecule has 0 spiro atoms. The summed E-state index contributed by atoms with van der Waals surface area (Å²) in [6.45, 7) is 0.660. The van der Waals surface area contributed by atoms with Crippen LogP contribution in [0, 0.1) is 0 Å². The number of benzene rings is 1. The maximum atomic E-state index is 13.5. The summed E-state index contributed by atoms with van der Waals surface area (Å²) < 4.78 is 8.81. The molecule has 0 saturated carbocycles. The van der Waals surface area contributed by atoms with Gasteiger partial charge in [-0.1, -0.05) is 23.8 Å². The summed E-state index contributed by atoms with van der Waals surface area (Å²) in [6.07, 6.45) is 11.3. The van der Waals surface area contributed by atoms with E-state index in [1.54, 1.807) is 16.2 Å². The number of ether oxygens (including phenoxy) is 1. The third-order valence-corrected chi connectivity index (χ3v) is 5.74. The minimum Gasteiger partial charge on any atom is -0.497 e. The number of fused-ring (bicyclic) bond motifs is 2. The molecule has 0 radical (unpaired) electrons. The second-order valence-corrected chi connectivity index (χ2v) is 7.60.